The van der Waals surface area contributed by atoms with Crippen molar-refractivity contribution in [1.82, 2.24) is 0 Å². The Hall–Kier alpha value is 0.260. The summed E-state index contributed by atoms with van der Waals surface area (Å²) in [5.41, 5.74) is -0.880. The summed E-state index contributed by atoms with van der Waals surface area (Å²) in [6, 6.07) is 0. The predicted octanol–water partition coefficient (Wildman–Crippen LogP) is 1.95. The zero-order valence-corrected chi connectivity index (χ0v) is 8.64. The monoisotopic (exact) mass is 247 g/mol. The average Bonchev–Trinajstić information content (AvgIpc) is 1.89. The predicted molar refractivity (Wildman–Crippen MR) is 43.6 cm³/mol. The molecular formula is C9H16AgO. The number of unbranched alkanes of at least 4 members (excludes halogenated alkanes) is 2. The maximum absolute atomic E-state index is 9.31. The molecule has 0 aromatic heterocycles. The third kappa shape index (κ3) is 8.16. The topological polar surface area (TPSA) is 20.2 Å². The SMILES string of the molecule is C#CC(C)(O)CCCCC.[Ag]. The number of rotatable bonds is 4. The molecule has 0 rings (SSSR count). The zero-order chi connectivity index (χ0) is 8.04. The summed E-state index contributed by atoms with van der Waals surface area (Å²) < 4.78 is 0. The second-order valence-corrected chi connectivity index (χ2v) is 2.88. The fourth-order valence-corrected chi connectivity index (χ4v) is 0.791. The Morgan fingerprint density at radius 3 is 2.36 bits per heavy atom. The number of hydrogen-bond acceptors (Lipinski definition) is 1. The van der Waals surface area contributed by atoms with Gasteiger partial charge in [-0.3, -0.25) is 0 Å². The van der Waals surface area contributed by atoms with Crippen molar-refractivity contribution in [3.63, 3.8) is 0 Å². The zero-order valence-electron chi connectivity index (χ0n) is 7.15. The second-order valence-electron chi connectivity index (χ2n) is 2.88. The van der Waals surface area contributed by atoms with Gasteiger partial charge in [-0.15, -0.1) is 6.42 Å². The summed E-state index contributed by atoms with van der Waals surface area (Å²) in [7, 11) is 0. The van der Waals surface area contributed by atoms with Crippen molar-refractivity contribution in [2.24, 2.45) is 0 Å². The average molecular weight is 248 g/mol. The Morgan fingerprint density at radius 1 is 1.45 bits per heavy atom. The van der Waals surface area contributed by atoms with Crippen LogP contribution in [0.4, 0.5) is 0 Å². The van der Waals surface area contributed by atoms with Crippen molar-refractivity contribution in [3.8, 4) is 12.3 Å². The summed E-state index contributed by atoms with van der Waals surface area (Å²) in [6.45, 7) is 3.81. The van der Waals surface area contributed by atoms with Crippen LogP contribution in [0.3, 0.4) is 0 Å². The van der Waals surface area contributed by atoms with Crippen molar-refractivity contribution < 1.29 is 27.5 Å². The molecule has 1 nitrogen and oxygen atoms in total. The van der Waals surface area contributed by atoms with Crippen molar-refractivity contribution in [2.45, 2.75) is 45.1 Å². The van der Waals surface area contributed by atoms with E-state index in [0.29, 0.717) is 0 Å². The van der Waals surface area contributed by atoms with Crippen LogP contribution in [0.5, 0.6) is 0 Å². The molecule has 0 aromatic rings. The van der Waals surface area contributed by atoms with Crippen LogP contribution in [-0.4, -0.2) is 10.7 Å². The van der Waals surface area contributed by atoms with Crippen LogP contribution in [0.15, 0.2) is 0 Å². The van der Waals surface area contributed by atoms with Crippen LogP contribution in [0.1, 0.15) is 39.5 Å². The standard InChI is InChI=1S/C9H16O.Ag/c1-4-6-7-8-9(3,10)5-2;/h2,10H,4,6-8H2,1,3H3;. The van der Waals surface area contributed by atoms with Gasteiger partial charge in [0.05, 0.1) is 0 Å². The first kappa shape index (κ1) is 13.8. The fourth-order valence-electron chi connectivity index (χ4n) is 0.791. The molecule has 0 aromatic carbocycles. The third-order valence-electron chi connectivity index (χ3n) is 1.58. The van der Waals surface area contributed by atoms with Crippen LogP contribution in [0, 0.1) is 12.3 Å². The van der Waals surface area contributed by atoms with E-state index < -0.39 is 5.60 Å². The minimum Gasteiger partial charge on any atom is -0.378 e. The third-order valence-corrected chi connectivity index (χ3v) is 1.58. The van der Waals surface area contributed by atoms with Gasteiger partial charge < -0.3 is 5.11 Å². The summed E-state index contributed by atoms with van der Waals surface area (Å²) in [6.07, 6.45) is 9.15. The molecule has 0 aliphatic rings. The summed E-state index contributed by atoms with van der Waals surface area (Å²) >= 11 is 0. The van der Waals surface area contributed by atoms with E-state index in [9.17, 15) is 5.11 Å². The van der Waals surface area contributed by atoms with E-state index in [2.05, 4.69) is 12.8 Å². The Morgan fingerprint density at radius 2 is 2.00 bits per heavy atom. The van der Waals surface area contributed by atoms with E-state index in [1.165, 1.54) is 6.42 Å². The van der Waals surface area contributed by atoms with E-state index in [0.717, 1.165) is 19.3 Å². The van der Waals surface area contributed by atoms with Crippen LogP contribution in [0.25, 0.3) is 0 Å². The van der Waals surface area contributed by atoms with E-state index in [1.54, 1.807) is 6.92 Å². The van der Waals surface area contributed by atoms with Gasteiger partial charge in [-0.25, -0.2) is 0 Å². The Balaban J connectivity index is 0. The van der Waals surface area contributed by atoms with E-state index in [-0.39, 0.29) is 22.4 Å². The van der Waals surface area contributed by atoms with Gasteiger partial charge in [0.1, 0.15) is 5.60 Å². The molecule has 1 unspecified atom stereocenters. The summed E-state index contributed by atoms with van der Waals surface area (Å²) in [4.78, 5) is 0. The van der Waals surface area contributed by atoms with Gasteiger partial charge in [-0.05, 0) is 19.8 Å². The van der Waals surface area contributed by atoms with Gasteiger partial charge in [0.2, 0.25) is 0 Å². The molecule has 0 saturated heterocycles. The molecule has 1 N–H and O–H groups in total. The van der Waals surface area contributed by atoms with Gasteiger partial charge >= 0.3 is 0 Å². The molecule has 0 amide bonds. The summed E-state index contributed by atoms with van der Waals surface area (Å²) in [5.74, 6) is 2.36. The molecular weight excluding hydrogens is 232 g/mol. The minimum absolute atomic E-state index is 0. The first-order valence-electron chi connectivity index (χ1n) is 3.82. The molecule has 0 aliphatic heterocycles. The van der Waals surface area contributed by atoms with Crippen LogP contribution in [-0.2, 0) is 22.4 Å². The van der Waals surface area contributed by atoms with Crippen molar-refractivity contribution in [3.05, 3.63) is 0 Å². The van der Waals surface area contributed by atoms with Gasteiger partial charge in [0.15, 0.2) is 0 Å². The first-order valence-corrected chi connectivity index (χ1v) is 3.82. The van der Waals surface area contributed by atoms with Crippen molar-refractivity contribution in [1.29, 1.82) is 0 Å². The maximum atomic E-state index is 9.31. The van der Waals surface area contributed by atoms with Gasteiger partial charge in [-0.2, -0.15) is 0 Å². The molecule has 1 radical (unpaired) electrons. The van der Waals surface area contributed by atoms with Gasteiger partial charge in [0, 0.05) is 22.4 Å². The Labute approximate surface area is 85.1 Å². The molecule has 0 heterocycles. The Bertz CT molecular complexity index is 124. The summed E-state index contributed by atoms with van der Waals surface area (Å²) in [5, 5.41) is 9.31. The maximum Gasteiger partial charge on any atom is 0.122 e. The van der Waals surface area contributed by atoms with Crippen molar-refractivity contribution >= 4 is 0 Å². The smallest absolute Gasteiger partial charge is 0.122 e. The quantitative estimate of drug-likeness (QED) is 0.458. The molecule has 0 fully saturated rings. The van der Waals surface area contributed by atoms with E-state index >= 15 is 0 Å². The number of aliphatic hydroxyl groups is 1. The number of hydrogen-bond donors (Lipinski definition) is 1. The van der Waals surface area contributed by atoms with Crippen LogP contribution >= 0.6 is 0 Å². The van der Waals surface area contributed by atoms with E-state index in [4.69, 9.17) is 6.42 Å². The molecule has 0 spiro atoms. The largest absolute Gasteiger partial charge is 0.378 e. The Kier molecular flexibility index (Phi) is 8.72. The molecule has 0 bridgehead atoms. The molecule has 2 heteroatoms. The first-order chi connectivity index (χ1) is 4.62. The molecule has 11 heavy (non-hydrogen) atoms. The van der Waals surface area contributed by atoms with Gasteiger partial charge in [-0.1, -0.05) is 25.7 Å². The minimum atomic E-state index is -0.880. The van der Waals surface area contributed by atoms with Crippen LogP contribution in [0.2, 0.25) is 0 Å². The fraction of sp³-hybridized carbons (Fsp3) is 0.778. The molecule has 0 saturated carbocycles. The normalized spacial score (nSPS) is 14.4. The molecule has 0 aliphatic carbocycles. The second kappa shape index (κ2) is 6.94. The molecule has 69 valence electrons. The van der Waals surface area contributed by atoms with Crippen molar-refractivity contribution in [2.75, 3.05) is 0 Å². The van der Waals surface area contributed by atoms with Crippen LogP contribution < -0.4 is 0 Å². The van der Waals surface area contributed by atoms with Gasteiger partial charge in [0.25, 0.3) is 0 Å². The number of terminal acetylenes is 1. The molecule has 1 atom stereocenters. The van der Waals surface area contributed by atoms with E-state index in [1.807, 2.05) is 0 Å².